The van der Waals surface area contributed by atoms with Crippen molar-refractivity contribution in [3.63, 3.8) is 0 Å². The van der Waals surface area contributed by atoms with Crippen LogP contribution in [-0.2, 0) is 0 Å². The lowest BCUT2D eigenvalue weighted by atomic mass is 10.1. The molecule has 0 bridgehead atoms. The first-order valence-electron chi connectivity index (χ1n) is 4.85. The van der Waals surface area contributed by atoms with E-state index in [1.165, 1.54) is 11.3 Å². The Morgan fingerprint density at radius 1 is 1.62 bits per heavy atom. The van der Waals surface area contributed by atoms with Gasteiger partial charge in [-0.25, -0.2) is 0 Å². The van der Waals surface area contributed by atoms with Gasteiger partial charge in [0.2, 0.25) is 0 Å². The quantitative estimate of drug-likeness (QED) is 0.827. The Balaban J connectivity index is 2.15. The molecule has 0 spiro atoms. The molecule has 1 unspecified atom stereocenters. The van der Waals surface area contributed by atoms with E-state index in [0.717, 1.165) is 8.26 Å². The third-order valence-corrected chi connectivity index (χ3v) is 5.84. The average Bonchev–Trinajstić information content (AvgIpc) is 2.70. The normalized spacial score (nSPS) is 25.1. The maximum atomic E-state index is 12.1. The third kappa shape index (κ3) is 2.50. The van der Waals surface area contributed by atoms with Gasteiger partial charge in [-0.1, -0.05) is 0 Å². The molecule has 0 radical (unpaired) electrons. The van der Waals surface area contributed by atoms with Gasteiger partial charge in [-0.05, 0) is 51.3 Å². The maximum Gasteiger partial charge on any atom is 0.264 e. The lowest BCUT2D eigenvalue weighted by molar-refractivity contribution is 0.0575. The van der Waals surface area contributed by atoms with Crippen molar-refractivity contribution in [3.8, 4) is 0 Å². The second kappa shape index (κ2) is 4.40. The summed E-state index contributed by atoms with van der Waals surface area (Å²) in [5.41, 5.74) is -0.735. The zero-order valence-corrected chi connectivity index (χ0v) is 12.7. The Kier molecular flexibility index (Phi) is 3.45. The second-order valence-corrected chi connectivity index (χ2v) is 7.43. The number of carbonyl (C=O) groups excluding carboxylic acids is 1. The van der Waals surface area contributed by atoms with Gasteiger partial charge in [0.25, 0.3) is 5.91 Å². The van der Waals surface area contributed by atoms with Crippen LogP contribution in [0.4, 0.5) is 0 Å². The van der Waals surface area contributed by atoms with Crippen molar-refractivity contribution >= 4 is 49.1 Å². The summed E-state index contributed by atoms with van der Waals surface area (Å²) in [6, 6.07) is 1.81. The predicted octanol–water partition coefficient (Wildman–Crippen LogP) is 2.87. The van der Waals surface area contributed by atoms with Gasteiger partial charge in [-0.2, -0.15) is 0 Å². The summed E-state index contributed by atoms with van der Waals surface area (Å²) < 4.78 is 1.81. The summed E-state index contributed by atoms with van der Waals surface area (Å²) in [4.78, 5) is 14.5. The van der Waals surface area contributed by atoms with Gasteiger partial charge in [-0.3, -0.25) is 4.79 Å². The highest BCUT2D eigenvalue weighted by Gasteiger charge is 2.34. The van der Waals surface area contributed by atoms with Crippen molar-refractivity contribution in [2.24, 2.45) is 0 Å². The molecule has 1 amide bonds. The highest BCUT2D eigenvalue weighted by Crippen LogP contribution is 2.34. The Bertz CT molecular complexity index is 411. The van der Waals surface area contributed by atoms with Crippen LogP contribution in [0.5, 0.6) is 0 Å². The van der Waals surface area contributed by atoms with E-state index in [1.807, 2.05) is 6.07 Å². The molecule has 1 aliphatic heterocycles. The molecular weight excluding hydrogens is 358 g/mol. The number of β-amino-alcohol motifs (C(OH)–C–C–N with tert-alkyl or cyclic N) is 1. The van der Waals surface area contributed by atoms with E-state index < -0.39 is 5.60 Å². The summed E-state index contributed by atoms with van der Waals surface area (Å²) >= 11 is 8.13. The molecule has 16 heavy (non-hydrogen) atoms. The van der Waals surface area contributed by atoms with Crippen LogP contribution in [0.2, 0.25) is 0 Å². The zero-order valence-electron chi connectivity index (χ0n) is 8.67. The number of halogens is 2. The fourth-order valence-corrected chi connectivity index (χ4v) is 3.73. The minimum atomic E-state index is -0.735. The molecule has 0 aromatic carbocycles. The van der Waals surface area contributed by atoms with Crippen molar-refractivity contribution in [1.29, 1.82) is 0 Å². The highest BCUT2D eigenvalue weighted by molar-refractivity contribution is 9.13. The molecule has 1 saturated heterocycles. The van der Waals surface area contributed by atoms with Crippen LogP contribution < -0.4 is 0 Å². The lowest BCUT2D eigenvalue weighted by Crippen LogP contribution is -2.33. The first-order chi connectivity index (χ1) is 7.39. The van der Waals surface area contributed by atoms with Gasteiger partial charge in [0, 0.05) is 17.6 Å². The Labute approximate surface area is 115 Å². The standard InChI is InChI=1S/C10H11Br2NO2S/c1-10(15)2-3-13(5-10)9(14)7-4-6(11)8(12)16-7/h4,15H,2-3,5H2,1H3. The summed E-state index contributed by atoms with van der Waals surface area (Å²) in [6.07, 6.45) is 0.645. The van der Waals surface area contributed by atoms with Crippen molar-refractivity contribution in [1.82, 2.24) is 4.90 Å². The minimum Gasteiger partial charge on any atom is -0.388 e. The van der Waals surface area contributed by atoms with Gasteiger partial charge < -0.3 is 10.0 Å². The summed E-state index contributed by atoms with van der Waals surface area (Å²) in [5, 5.41) is 9.81. The van der Waals surface area contributed by atoms with Gasteiger partial charge in [0.1, 0.15) is 0 Å². The molecule has 3 nitrogen and oxygen atoms in total. The van der Waals surface area contributed by atoms with Gasteiger partial charge in [0.15, 0.2) is 0 Å². The average molecular weight is 369 g/mol. The number of rotatable bonds is 1. The van der Waals surface area contributed by atoms with E-state index >= 15 is 0 Å². The number of nitrogens with zero attached hydrogens (tertiary/aromatic N) is 1. The fraction of sp³-hybridized carbons (Fsp3) is 0.500. The van der Waals surface area contributed by atoms with Crippen LogP contribution in [0.1, 0.15) is 23.0 Å². The van der Waals surface area contributed by atoms with E-state index in [0.29, 0.717) is 24.4 Å². The van der Waals surface area contributed by atoms with Crippen LogP contribution in [0.15, 0.2) is 14.3 Å². The lowest BCUT2D eigenvalue weighted by Gasteiger charge is -2.18. The first-order valence-corrected chi connectivity index (χ1v) is 7.26. The van der Waals surface area contributed by atoms with Crippen molar-refractivity contribution in [2.45, 2.75) is 18.9 Å². The van der Waals surface area contributed by atoms with E-state index in [1.54, 1.807) is 11.8 Å². The molecular formula is C10H11Br2NO2S. The first kappa shape index (κ1) is 12.5. The van der Waals surface area contributed by atoms with Crippen LogP contribution in [0, 0.1) is 0 Å². The van der Waals surface area contributed by atoms with Crippen LogP contribution >= 0.6 is 43.2 Å². The molecule has 6 heteroatoms. The van der Waals surface area contributed by atoms with Crippen LogP contribution in [0.3, 0.4) is 0 Å². The topological polar surface area (TPSA) is 40.5 Å². The van der Waals surface area contributed by atoms with E-state index in [-0.39, 0.29) is 5.91 Å². The largest absolute Gasteiger partial charge is 0.388 e. The molecule has 2 heterocycles. The van der Waals surface area contributed by atoms with Gasteiger partial charge in [-0.15, -0.1) is 11.3 Å². The Hall–Kier alpha value is 0.0900. The van der Waals surface area contributed by atoms with E-state index in [9.17, 15) is 9.90 Å². The van der Waals surface area contributed by atoms with Gasteiger partial charge in [0.05, 0.1) is 14.3 Å². The summed E-state index contributed by atoms with van der Waals surface area (Å²) in [6.45, 7) is 2.80. The van der Waals surface area contributed by atoms with Gasteiger partial charge >= 0.3 is 0 Å². The van der Waals surface area contributed by atoms with Crippen LogP contribution in [-0.4, -0.2) is 34.6 Å². The number of carbonyl (C=O) groups is 1. The third-order valence-electron chi connectivity index (χ3n) is 2.59. The van der Waals surface area contributed by atoms with Crippen molar-refractivity contribution < 1.29 is 9.90 Å². The van der Waals surface area contributed by atoms with E-state index in [2.05, 4.69) is 31.9 Å². The van der Waals surface area contributed by atoms with Crippen molar-refractivity contribution in [2.75, 3.05) is 13.1 Å². The fourth-order valence-electron chi connectivity index (χ4n) is 1.73. The number of amides is 1. The smallest absolute Gasteiger partial charge is 0.264 e. The predicted molar refractivity (Wildman–Crippen MR) is 70.9 cm³/mol. The molecule has 1 aliphatic rings. The molecule has 1 atom stereocenters. The highest BCUT2D eigenvalue weighted by atomic mass is 79.9. The molecule has 1 N–H and O–H groups in total. The van der Waals surface area contributed by atoms with Crippen LogP contribution in [0.25, 0.3) is 0 Å². The maximum absolute atomic E-state index is 12.1. The molecule has 2 rings (SSSR count). The number of aliphatic hydroxyl groups is 1. The summed E-state index contributed by atoms with van der Waals surface area (Å²) in [7, 11) is 0. The van der Waals surface area contributed by atoms with Crippen molar-refractivity contribution in [3.05, 3.63) is 19.2 Å². The molecule has 0 aliphatic carbocycles. The molecule has 0 saturated carbocycles. The summed E-state index contributed by atoms with van der Waals surface area (Å²) in [5.74, 6) is -0.00539. The Morgan fingerprint density at radius 2 is 2.31 bits per heavy atom. The molecule has 88 valence electrons. The molecule has 1 fully saturated rings. The second-order valence-electron chi connectivity index (χ2n) is 4.21. The molecule has 1 aromatic heterocycles. The number of thiophene rings is 1. The monoisotopic (exact) mass is 367 g/mol. The Morgan fingerprint density at radius 3 is 2.75 bits per heavy atom. The minimum absolute atomic E-state index is 0.00539. The van der Waals surface area contributed by atoms with E-state index in [4.69, 9.17) is 0 Å². The number of hydrogen-bond donors (Lipinski definition) is 1. The SMILES string of the molecule is CC1(O)CCN(C(=O)c2cc(Br)c(Br)s2)C1. The zero-order chi connectivity index (χ0) is 11.9. The number of hydrogen-bond acceptors (Lipinski definition) is 3. The molecule has 1 aromatic rings. The number of likely N-dealkylation sites (tertiary alicyclic amines) is 1.